The highest BCUT2D eigenvalue weighted by molar-refractivity contribution is 8.69. The Morgan fingerprint density at radius 3 is 2.22 bits per heavy atom. The second-order valence-electron chi connectivity index (χ2n) is 4.10. The number of rotatable bonds is 5. The summed E-state index contributed by atoms with van der Waals surface area (Å²) in [7, 11) is 1.66. The van der Waals surface area contributed by atoms with Crippen molar-refractivity contribution < 1.29 is 24.4 Å². The Kier molecular flexibility index (Phi) is 6.72. The molecule has 106 valence electrons. The standard InChI is InChI=1S/C6H15BO5P2S4/c7-6-5(9)4(8)3(12-6)1-11-14(17,18)2-13(10,15)16/h3-6,8-9H,1-2,7H2,(H,17,18)(H2,10,15,16)/t3-,4?,5+,6-/m1/s1. The lowest BCUT2D eigenvalue weighted by Gasteiger charge is -2.22. The number of aliphatic hydroxyl groups excluding tert-OH is 2. The van der Waals surface area contributed by atoms with E-state index in [-0.39, 0.29) is 12.5 Å². The molecule has 3 unspecified atom stereocenters. The van der Waals surface area contributed by atoms with Crippen molar-refractivity contribution in [2.24, 2.45) is 0 Å². The maximum atomic E-state index is 9.68. The fourth-order valence-corrected chi connectivity index (χ4v) is 13.8. The molecule has 0 aromatic carbocycles. The van der Waals surface area contributed by atoms with Crippen molar-refractivity contribution >= 4 is 66.9 Å². The van der Waals surface area contributed by atoms with Crippen molar-refractivity contribution in [3.8, 4) is 0 Å². The Labute approximate surface area is 128 Å². The number of ether oxygens (including phenoxy) is 1. The molecule has 1 saturated heterocycles. The summed E-state index contributed by atoms with van der Waals surface area (Å²) in [6.07, 6.45) is -2.61. The first-order chi connectivity index (χ1) is 8.02. The van der Waals surface area contributed by atoms with Crippen LogP contribution in [0.25, 0.3) is 0 Å². The second kappa shape index (κ2) is 6.75. The van der Waals surface area contributed by atoms with Crippen LogP contribution in [0.15, 0.2) is 0 Å². The van der Waals surface area contributed by atoms with Gasteiger partial charge in [0, 0.05) is 0 Å². The van der Waals surface area contributed by atoms with Gasteiger partial charge in [0.25, 0.3) is 0 Å². The van der Waals surface area contributed by atoms with E-state index in [4.69, 9.17) is 32.9 Å². The summed E-state index contributed by atoms with van der Waals surface area (Å²) >= 11 is 18.0. The van der Waals surface area contributed by atoms with Crippen molar-refractivity contribution in [2.75, 3.05) is 12.5 Å². The van der Waals surface area contributed by atoms with E-state index in [1.807, 2.05) is 0 Å². The average Bonchev–Trinajstić information content (AvgIpc) is 2.39. The maximum absolute atomic E-state index is 9.68. The van der Waals surface area contributed by atoms with Crippen LogP contribution in [0.5, 0.6) is 0 Å². The summed E-state index contributed by atoms with van der Waals surface area (Å²) in [5.41, 5.74) is -5.33. The summed E-state index contributed by atoms with van der Waals surface area (Å²) in [4.78, 5) is 9.48. The van der Waals surface area contributed by atoms with Gasteiger partial charge in [-0.15, -0.1) is 24.5 Å². The van der Waals surface area contributed by atoms with E-state index in [0.29, 0.717) is 0 Å². The SMILES string of the molecule is B[C@@H]1O[C@H](COP(=S)(S)CP(O)(=S)S)C(O)[C@@H]1O. The minimum Gasteiger partial charge on any atom is -0.388 e. The molecule has 1 heterocycles. The lowest BCUT2D eigenvalue weighted by molar-refractivity contribution is 0.000127. The van der Waals surface area contributed by atoms with E-state index in [2.05, 4.69) is 24.5 Å². The minimum absolute atomic E-state index is 0.00640. The normalized spacial score (nSPS) is 39.2. The fourth-order valence-electron chi connectivity index (χ4n) is 1.54. The highest BCUT2D eigenvalue weighted by atomic mass is 32.9. The molecule has 1 rings (SSSR count). The van der Waals surface area contributed by atoms with E-state index < -0.39 is 35.2 Å². The van der Waals surface area contributed by atoms with Crippen LogP contribution in [-0.2, 0) is 32.9 Å². The van der Waals surface area contributed by atoms with Crippen LogP contribution in [0.4, 0.5) is 0 Å². The molecular formula is C6H15BO5P2S4. The zero-order valence-electron chi connectivity index (χ0n) is 9.49. The van der Waals surface area contributed by atoms with Crippen LogP contribution >= 0.6 is 35.4 Å². The Balaban J connectivity index is 2.51. The molecule has 1 fully saturated rings. The van der Waals surface area contributed by atoms with Gasteiger partial charge in [0.15, 0.2) is 0 Å². The Morgan fingerprint density at radius 1 is 1.28 bits per heavy atom. The van der Waals surface area contributed by atoms with E-state index in [0.717, 1.165) is 0 Å². The molecular weight excluding hydrogens is 353 g/mol. The number of aliphatic hydroxyl groups is 2. The van der Waals surface area contributed by atoms with E-state index in [1.54, 1.807) is 7.85 Å². The molecule has 1 aliphatic rings. The van der Waals surface area contributed by atoms with Crippen LogP contribution < -0.4 is 0 Å². The van der Waals surface area contributed by atoms with Crippen LogP contribution in [-0.4, -0.2) is 59.8 Å². The largest absolute Gasteiger partial charge is 0.388 e. The lowest BCUT2D eigenvalue weighted by atomic mass is 9.93. The van der Waals surface area contributed by atoms with E-state index in [1.165, 1.54) is 0 Å². The van der Waals surface area contributed by atoms with Gasteiger partial charge in [0.05, 0.1) is 18.5 Å². The van der Waals surface area contributed by atoms with Gasteiger partial charge < -0.3 is 24.4 Å². The molecule has 0 bridgehead atoms. The quantitative estimate of drug-likeness (QED) is 0.255. The summed E-state index contributed by atoms with van der Waals surface area (Å²) in [6, 6.07) is -0.459. The predicted molar refractivity (Wildman–Crippen MR) is 88.8 cm³/mol. The zero-order valence-corrected chi connectivity index (χ0v) is 14.7. The minimum atomic E-state index is -2.77. The van der Waals surface area contributed by atoms with Crippen molar-refractivity contribution in [2.45, 2.75) is 24.3 Å². The third-order valence-electron chi connectivity index (χ3n) is 2.40. The Morgan fingerprint density at radius 2 is 1.83 bits per heavy atom. The second-order valence-corrected chi connectivity index (χ2v) is 17.2. The number of thiol groups is 2. The fraction of sp³-hybridized carbons (Fsp3) is 1.00. The molecule has 0 amide bonds. The Bertz CT molecular complexity index is 392. The van der Waals surface area contributed by atoms with Crippen LogP contribution in [0, 0.1) is 0 Å². The van der Waals surface area contributed by atoms with Crippen LogP contribution in [0.2, 0.25) is 0 Å². The third-order valence-corrected chi connectivity index (χ3v) is 10.9. The molecule has 3 N–H and O–H groups in total. The molecule has 0 aliphatic carbocycles. The molecule has 5 nitrogen and oxygen atoms in total. The van der Waals surface area contributed by atoms with Crippen LogP contribution in [0.1, 0.15) is 0 Å². The van der Waals surface area contributed by atoms with Crippen molar-refractivity contribution in [1.82, 2.24) is 0 Å². The maximum Gasteiger partial charge on any atom is 0.142 e. The monoisotopic (exact) mass is 368 g/mol. The summed E-state index contributed by atoms with van der Waals surface area (Å²) in [6.45, 7) is 0.00640. The first-order valence-electron chi connectivity index (χ1n) is 5.04. The van der Waals surface area contributed by atoms with E-state index >= 15 is 0 Å². The summed E-state index contributed by atoms with van der Waals surface area (Å²) in [5.74, 6) is 0.0534. The van der Waals surface area contributed by atoms with Crippen LogP contribution in [0.3, 0.4) is 0 Å². The van der Waals surface area contributed by atoms with E-state index in [9.17, 15) is 15.1 Å². The molecule has 12 heteroatoms. The smallest absolute Gasteiger partial charge is 0.142 e. The van der Waals surface area contributed by atoms with Gasteiger partial charge in [-0.3, -0.25) is 0 Å². The lowest BCUT2D eigenvalue weighted by Crippen LogP contribution is -2.34. The van der Waals surface area contributed by atoms with Gasteiger partial charge in [0.1, 0.15) is 37.1 Å². The first kappa shape index (κ1) is 17.9. The highest BCUT2D eigenvalue weighted by Gasteiger charge is 2.40. The molecule has 1 aliphatic heterocycles. The Hall–Kier alpha value is 1.86. The molecule has 0 aromatic heterocycles. The van der Waals surface area contributed by atoms with Gasteiger partial charge in [-0.25, -0.2) is 0 Å². The van der Waals surface area contributed by atoms with Crippen molar-refractivity contribution in [3.05, 3.63) is 0 Å². The van der Waals surface area contributed by atoms with Gasteiger partial charge >= 0.3 is 0 Å². The summed E-state index contributed by atoms with van der Waals surface area (Å²) in [5, 5.41) is 19.2. The molecule has 0 radical (unpaired) electrons. The van der Waals surface area contributed by atoms with Gasteiger partial charge in [-0.05, 0) is 0 Å². The third kappa shape index (κ3) is 5.70. The van der Waals surface area contributed by atoms with Crippen molar-refractivity contribution in [3.63, 3.8) is 0 Å². The molecule has 0 aromatic rings. The predicted octanol–water partition coefficient (Wildman–Crippen LogP) is -0.489. The molecule has 0 saturated carbocycles. The zero-order chi connectivity index (χ0) is 14.1. The van der Waals surface area contributed by atoms with Gasteiger partial charge in [-0.1, -0.05) is 23.6 Å². The van der Waals surface area contributed by atoms with Gasteiger partial charge in [0.2, 0.25) is 0 Å². The summed E-state index contributed by atoms with van der Waals surface area (Å²) < 4.78 is 10.7. The average molecular weight is 368 g/mol. The highest BCUT2D eigenvalue weighted by Crippen LogP contribution is 2.65. The molecule has 6 atom stereocenters. The molecule has 0 spiro atoms. The topological polar surface area (TPSA) is 79.2 Å². The molecule has 18 heavy (non-hydrogen) atoms. The first-order valence-corrected chi connectivity index (χ1v) is 13.2. The number of hydrogen-bond acceptors (Lipinski definition) is 6. The van der Waals surface area contributed by atoms with Crippen molar-refractivity contribution in [1.29, 1.82) is 0 Å². The number of hydrogen-bond donors (Lipinski definition) is 5. The van der Waals surface area contributed by atoms with Gasteiger partial charge in [-0.2, -0.15) is 0 Å².